The standard InChI is InChI=1S/C11H15NO4/c1-6-3-2-4-12-8(6)11-10(15)9(14)7(5-13)16-11/h2-4,7,9-11,13-15H,5H2,1H3/t7-,9-,10-,11+/m1/s1. The van der Waals surface area contributed by atoms with Crippen molar-refractivity contribution in [3.8, 4) is 0 Å². The molecule has 0 aromatic carbocycles. The molecule has 0 radical (unpaired) electrons. The van der Waals surface area contributed by atoms with Gasteiger partial charge in [-0.15, -0.1) is 0 Å². The minimum absolute atomic E-state index is 0.319. The quantitative estimate of drug-likeness (QED) is 0.634. The summed E-state index contributed by atoms with van der Waals surface area (Å²) in [5.41, 5.74) is 1.49. The molecule has 1 aromatic heterocycles. The summed E-state index contributed by atoms with van der Waals surface area (Å²) in [5, 5.41) is 28.4. The third kappa shape index (κ3) is 1.82. The van der Waals surface area contributed by atoms with E-state index in [1.54, 1.807) is 12.3 Å². The van der Waals surface area contributed by atoms with Crippen LogP contribution < -0.4 is 0 Å². The van der Waals surface area contributed by atoms with Gasteiger partial charge < -0.3 is 20.1 Å². The Bertz CT molecular complexity index is 371. The van der Waals surface area contributed by atoms with Crippen molar-refractivity contribution in [1.29, 1.82) is 0 Å². The average molecular weight is 225 g/mol. The van der Waals surface area contributed by atoms with Gasteiger partial charge in [-0.25, -0.2) is 0 Å². The van der Waals surface area contributed by atoms with E-state index in [9.17, 15) is 10.2 Å². The van der Waals surface area contributed by atoms with Crippen LogP contribution in [-0.4, -0.2) is 45.2 Å². The number of pyridine rings is 1. The van der Waals surface area contributed by atoms with Crippen LogP contribution in [0.15, 0.2) is 18.3 Å². The molecular formula is C11H15NO4. The van der Waals surface area contributed by atoms with Crippen LogP contribution in [0.5, 0.6) is 0 Å². The molecule has 1 fully saturated rings. The predicted octanol–water partition coefficient (Wildman–Crippen LogP) is -0.456. The largest absolute Gasteiger partial charge is 0.394 e. The molecule has 2 heterocycles. The van der Waals surface area contributed by atoms with Gasteiger partial charge in [0.05, 0.1) is 12.3 Å². The molecule has 1 aromatic rings. The van der Waals surface area contributed by atoms with Crippen molar-refractivity contribution < 1.29 is 20.1 Å². The molecule has 0 aliphatic carbocycles. The van der Waals surface area contributed by atoms with E-state index in [4.69, 9.17) is 9.84 Å². The number of aryl methyl sites for hydroxylation is 1. The second-order valence-electron chi connectivity index (χ2n) is 3.96. The molecule has 1 aliphatic heterocycles. The Morgan fingerprint density at radius 2 is 2.12 bits per heavy atom. The van der Waals surface area contributed by atoms with E-state index >= 15 is 0 Å². The number of aromatic nitrogens is 1. The first-order valence-electron chi connectivity index (χ1n) is 5.19. The first kappa shape index (κ1) is 11.5. The third-order valence-electron chi connectivity index (χ3n) is 2.86. The molecule has 0 saturated carbocycles. The van der Waals surface area contributed by atoms with Gasteiger partial charge in [0.2, 0.25) is 0 Å². The lowest BCUT2D eigenvalue weighted by Crippen LogP contribution is -2.32. The summed E-state index contributed by atoms with van der Waals surface area (Å²) >= 11 is 0. The summed E-state index contributed by atoms with van der Waals surface area (Å²) in [6.07, 6.45) is -1.94. The van der Waals surface area contributed by atoms with Gasteiger partial charge in [0.1, 0.15) is 24.4 Å². The van der Waals surface area contributed by atoms with E-state index in [1.807, 2.05) is 13.0 Å². The molecule has 5 nitrogen and oxygen atoms in total. The summed E-state index contributed by atoms with van der Waals surface area (Å²) in [7, 11) is 0. The highest BCUT2D eigenvalue weighted by Crippen LogP contribution is 2.33. The van der Waals surface area contributed by atoms with Crippen molar-refractivity contribution in [1.82, 2.24) is 4.98 Å². The number of aliphatic hydroxyl groups excluding tert-OH is 3. The van der Waals surface area contributed by atoms with Crippen LogP contribution in [0.3, 0.4) is 0 Å². The van der Waals surface area contributed by atoms with Gasteiger partial charge in [-0.3, -0.25) is 4.98 Å². The summed E-state index contributed by atoms with van der Waals surface area (Å²) < 4.78 is 5.39. The van der Waals surface area contributed by atoms with Gasteiger partial charge in [0.15, 0.2) is 0 Å². The molecule has 16 heavy (non-hydrogen) atoms. The molecule has 5 heteroatoms. The van der Waals surface area contributed by atoms with E-state index in [-0.39, 0.29) is 6.61 Å². The lowest BCUT2D eigenvalue weighted by molar-refractivity contribution is -0.0241. The van der Waals surface area contributed by atoms with E-state index in [0.29, 0.717) is 5.69 Å². The highest BCUT2D eigenvalue weighted by molar-refractivity contribution is 5.22. The van der Waals surface area contributed by atoms with Gasteiger partial charge >= 0.3 is 0 Å². The van der Waals surface area contributed by atoms with Crippen LogP contribution in [0.4, 0.5) is 0 Å². The van der Waals surface area contributed by atoms with Gasteiger partial charge in [0.25, 0.3) is 0 Å². The zero-order valence-corrected chi connectivity index (χ0v) is 8.95. The lowest BCUT2D eigenvalue weighted by Gasteiger charge is -2.15. The SMILES string of the molecule is Cc1cccnc1[C@@H]1O[C@H](CO)[C@@H](O)[C@H]1O. The van der Waals surface area contributed by atoms with E-state index in [0.717, 1.165) is 5.56 Å². The van der Waals surface area contributed by atoms with E-state index in [2.05, 4.69) is 4.98 Å². The molecule has 1 aliphatic rings. The van der Waals surface area contributed by atoms with Crippen LogP contribution in [0.1, 0.15) is 17.4 Å². The Balaban J connectivity index is 2.26. The maximum atomic E-state index is 9.81. The van der Waals surface area contributed by atoms with Crippen molar-refractivity contribution in [3.05, 3.63) is 29.6 Å². The summed E-state index contributed by atoms with van der Waals surface area (Å²) in [5.74, 6) is 0. The zero-order valence-electron chi connectivity index (χ0n) is 8.95. The smallest absolute Gasteiger partial charge is 0.129 e. The molecule has 0 amide bonds. The molecule has 0 spiro atoms. The van der Waals surface area contributed by atoms with Gasteiger partial charge in [-0.05, 0) is 18.6 Å². The van der Waals surface area contributed by atoms with Crippen LogP contribution in [-0.2, 0) is 4.74 Å². The summed E-state index contributed by atoms with van der Waals surface area (Å²) in [4.78, 5) is 4.14. The Hall–Kier alpha value is -1.01. The molecule has 88 valence electrons. The Labute approximate surface area is 93.3 Å². The molecular weight excluding hydrogens is 210 g/mol. The molecule has 3 N–H and O–H groups in total. The van der Waals surface area contributed by atoms with Crippen LogP contribution in [0.2, 0.25) is 0 Å². The second-order valence-corrected chi connectivity index (χ2v) is 3.96. The second kappa shape index (κ2) is 4.47. The summed E-state index contributed by atoms with van der Waals surface area (Å²) in [6.45, 7) is 1.54. The third-order valence-corrected chi connectivity index (χ3v) is 2.86. The lowest BCUT2D eigenvalue weighted by atomic mass is 10.0. The molecule has 0 unspecified atom stereocenters. The maximum Gasteiger partial charge on any atom is 0.129 e. The van der Waals surface area contributed by atoms with Gasteiger partial charge in [-0.1, -0.05) is 6.07 Å². The Morgan fingerprint density at radius 1 is 1.38 bits per heavy atom. The molecule has 0 bridgehead atoms. The van der Waals surface area contributed by atoms with E-state index in [1.165, 1.54) is 0 Å². The minimum atomic E-state index is -1.07. The monoisotopic (exact) mass is 225 g/mol. The predicted molar refractivity (Wildman–Crippen MR) is 55.7 cm³/mol. The van der Waals surface area contributed by atoms with Crippen molar-refractivity contribution in [2.75, 3.05) is 6.61 Å². The van der Waals surface area contributed by atoms with Crippen LogP contribution >= 0.6 is 0 Å². The fraction of sp³-hybridized carbons (Fsp3) is 0.545. The molecule has 1 saturated heterocycles. The first-order valence-corrected chi connectivity index (χ1v) is 5.19. The van der Waals surface area contributed by atoms with Crippen molar-refractivity contribution in [3.63, 3.8) is 0 Å². The summed E-state index contributed by atoms with van der Waals surface area (Å²) in [6, 6.07) is 3.65. The maximum absolute atomic E-state index is 9.81. The zero-order chi connectivity index (χ0) is 11.7. The highest BCUT2D eigenvalue weighted by Gasteiger charge is 2.44. The minimum Gasteiger partial charge on any atom is -0.394 e. The van der Waals surface area contributed by atoms with Crippen molar-refractivity contribution >= 4 is 0 Å². The molecule has 4 atom stereocenters. The fourth-order valence-corrected chi connectivity index (χ4v) is 1.92. The van der Waals surface area contributed by atoms with Crippen LogP contribution in [0.25, 0.3) is 0 Å². The Kier molecular flexibility index (Phi) is 3.20. The highest BCUT2D eigenvalue weighted by atomic mass is 16.6. The van der Waals surface area contributed by atoms with Crippen molar-refractivity contribution in [2.45, 2.75) is 31.3 Å². The topological polar surface area (TPSA) is 82.8 Å². The molecule has 2 rings (SSSR count). The van der Waals surface area contributed by atoms with Crippen molar-refractivity contribution in [2.24, 2.45) is 0 Å². The van der Waals surface area contributed by atoms with Crippen LogP contribution in [0, 0.1) is 6.92 Å². The van der Waals surface area contributed by atoms with Gasteiger partial charge in [0, 0.05) is 6.20 Å². The number of rotatable bonds is 2. The number of aliphatic hydroxyl groups is 3. The number of ether oxygens (including phenoxy) is 1. The fourth-order valence-electron chi connectivity index (χ4n) is 1.92. The Morgan fingerprint density at radius 3 is 2.69 bits per heavy atom. The number of hydrogen-bond donors (Lipinski definition) is 3. The number of hydrogen-bond acceptors (Lipinski definition) is 5. The average Bonchev–Trinajstić information content (AvgIpc) is 2.57. The van der Waals surface area contributed by atoms with E-state index < -0.39 is 24.4 Å². The van der Waals surface area contributed by atoms with Gasteiger partial charge in [-0.2, -0.15) is 0 Å². The normalized spacial score (nSPS) is 34.2. The first-order chi connectivity index (χ1) is 7.65. The number of nitrogens with zero attached hydrogens (tertiary/aromatic N) is 1.